The quantitative estimate of drug-likeness (QED) is 0.552. The third kappa shape index (κ3) is 4.66. The molecule has 0 saturated heterocycles. The van der Waals surface area contributed by atoms with Gasteiger partial charge in [-0.25, -0.2) is 9.78 Å². The number of aromatic nitrogens is 2. The van der Waals surface area contributed by atoms with Crippen LogP contribution in [0.15, 0.2) is 9.95 Å². The Morgan fingerprint density at radius 1 is 1.38 bits per heavy atom. The molecule has 2 heterocycles. The number of amides is 3. The molecule has 2 aromatic heterocycles. The maximum absolute atomic E-state index is 13.3. The van der Waals surface area contributed by atoms with Crippen LogP contribution in [-0.4, -0.2) is 27.2 Å². The van der Waals surface area contributed by atoms with E-state index in [0.717, 1.165) is 53.2 Å². The van der Waals surface area contributed by atoms with Crippen molar-refractivity contribution >= 4 is 45.3 Å². The number of carbonyl (C=O) groups excluding carboxylic acids is 2. The van der Waals surface area contributed by atoms with Crippen molar-refractivity contribution in [3.8, 4) is 0 Å². The number of nitrogens with zero attached hydrogens (tertiary/aromatic N) is 2. The predicted molar refractivity (Wildman–Crippen MR) is 118 cm³/mol. The van der Waals surface area contributed by atoms with Crippen molar-refractivity contribution in [1.82, 2.24) is 14.9 Å². The van der Waals surface area contributed by atoms with E-state index in [4.69, 9.17) is 10.7 Å². The van der Waals surface area contributed by atoms with E-state index in [9.17, 15) is 14.4 Å². The van der Waals surface area contributed by atoms with Crippen molar-refractivity contribution in [3.63, 3.8) is 0 Å². The van der Waals surface area contributed by atoms with Gasteiger partial charge in [-0.05, 0) is 42.6 Å². The van der Waals surface area contributed by atoms with Crippen LogP contribution in [-0.2, 0) is 24.2 Å². The Balaban J connectivity index is 1.99. The average Bonchev–Trinajstić information content (AvgIpc) is 2.99. The van der Waals surface area contributed by atoms with Crippen molar-refractivity contribution in [1.29, 1.82) is 0 Å². The van der Waals surface area contributed by atoms with Gasteiger partial charge in [-0.2, -0.15) is 0 Å². The summed E-state index contributed by atoms with van der Waals surface area (Å²) in [4.78, 5) is 42.7. The third-order valence-corrected chi connectivity index (χ3v) is 7.53. The smallest absolute Gasteiger partial charge is 0.318 e. The minimum atomic E-state index is -0.885. The summed E-state index contributed by atoms with van der Waals surface area (Å²) in [6, 6.07) is -0.885. The van der Waals surface area contributed by atoms with Crippen molar-refractivity contribution in [2.45, 2.75) is 65.1 Å². The fraction of sp³-hybridized carbons (Fsp3) is 0.600. The number of imide groups is 1. The highest BCUT2D eigenvalue weighted by atomic mass is 32.2. The second-order valence-corrected chi connectivity index (χ2v) is 10.6. The lowest BCUT2D eigenvalue weighted by molar-refractivity contribution is -0.117. The summed E-state index contributed by atoms with van der Waals surface area (Å²) < 4.78 is 1.66. The van der Waals surface area contributed by atoms with E-state index < -0.39 is 11.9 Å². The van der Waals surface area contributed by atoms with Crippen LogP contribution in [0.3, 0.4) is 0 Å². The molecule has 1 aliphatic rings. The molecule has 0 aliphatic heterocycles. The molecule has 0 spiro atoms. The van der Waals surface area contributed by atoms with Gasteiger partial charge in [0.15, 0.2) is 5.16 Å². The number of aryl methyl sites for hydroxylation is 1. The fourth-order valence-corrected chi connectivity index (χ4v) is 5.98. The van der Waals surface area contributed by atoms with Crippen molar-refractivity contribution < 1.29 is 9.59 Å². The highest BCUT2D eigenvalue weighted by Crippen LogP contribution is 2.42. The summed E-state index contributed by atoms with van der Waals surface area (Å²) >= 11 is 2.76. The molecule has 7 nitrogen and oxygen atoms in total. The van der Waals surface area contributed by atoms with Crippen LogP contribution in [0.25, 0.3) is 10.2 Å². The molecular formula is C20H28N4O3S2. The molecule has 3 amide bonds. The normalized spacial score (nSPS) is 16.6. The van der Waals surface area contributed by atoms with E-state index in [2.05, 4.69) is 20.8 Å². The van der Waals surface area contributed by atoms with Gasteiger partial charge in [0, 0.05) is 11.4 Å². The van der Waals surface area contributed by atoms with Crippen LogP contribution in [0.1, 0.15) is 51.0 Å². The van der Waals surface area contributed by atoms with Crippen LogP contribution >= 0.6 is 23.1 Å². The van der Waals surface area contributed by atoms with Crippen LogP contribution in [0.5, 0.6) is 0 Å². The Bertz CT molecular complexity index is 1000. The standard InChI is InChI=1S/C20H28N4O3S2/c1-5-8-24-17(26)15-12-7-6-11(20(2,3)4)9-13(12)29-16(15)23-19(24)28-10-14(25)22-18(21)27/h11H,5-10H2,1-4H3,(H3,21,22,25,27). The molecule has 0 saturated carbocycles. The minimum absolute atomic E-state index is 0.0260. The lowest BCUT2D eigenvalue weighted by Gasteiger charge is -2.33. The topological polar surface area (TPSA) is 107 Å². The number of hydrogen-bond acceptors (Lipinski definition) is 6. The zero-order valence-electron chi connectivity index (χ0n) is 17.3. The molecule has 0 bridgehead atoms. The zero-order valence-corrected chi connectivity index (χ0v) is 19.0. The first-order valence-electron chi connectivity index (χ1n) is 9.89. The number of fused-ring (bicyclic) bond motifs is 3. The highest BCUT2D eigenvalue weighted by Gasteiger charge is 2.32. The Labute approximate surface area is 178 Å². The van der Waals surface area contributed by atoms with E-state index in [0.29, 0.717) is 17.6 Å². The van der Waals surface area contributed by atoms with Crippen molar-refractivity contribution in [2.75, 3.05) is 5.75 Å². The monoisotopic (exact) mass is 436 g/mol. The van der Waals surface area contributed by atoms with Gasteiger partial charge in [-0.3, -0.25) is 19.5 Å². The molecule has 3 rings (SSSR count). The van der Waals surface area contributed by atoms with Gasteiger partial charge in [0.25, 0.3) is 5.56 Å². The van der Waals surface area contributed by atoms with E-state index in [1.54, 1.807) is 15.9 Å². The third-order valence-electron chi connectivity index (χ3n) is 5.40. The molecular weight excluding hydrogens is 408 g/mol. The molecule has 0 aromatic carbocycles. The number of nitrogens with two attached hydrogens (primary N) is 1. The number of thiophene rings is 1. The van der Waals surface area contributed by atoms with Gasteiger partial charge in [0.1, 0.15) is 4.83 Å². The maximum Gasteiger partial charge on any atom is 0.318 e. The fourth-order valence-electron chi connectivity index (χ4n) is 3.81. The van der Waals surface area contributed by atoms with Gasteiger partial charge in [0.05, 0.1) is 11.1 Å². The van der Waals surface area contributed by atoms with Crippen LogP contribution in [0, 0.1) is 11.3 Å². The van der Waals surface area contributed by atoms with E-state index in [1.807, 2.05) is 12.2 Å². The lowest BCUT2D eigenvalue weighted by atomic mass is 9.72. The molecule has 1 aliphatic carbocycles. The highest BCUT2D eigenvalue weighted by molar-refractivity contribution is 7.99. The van der Waals surface area contributed by atoms with Gasteiger partial charge in [-0.1, -0.05) is 39.5 Å². The first kappa shape index (κ1) is 21.8. The predicted octanol–water partition coefficient (Wildman–Crippen LogP) is 3.31. The van der Waals surface area contributed by atoms with E-state index >= 15 is 0 Å². The van der Waals surface area contributed by atoms with E-state index in [1.165, 1.54) is 4.88 Å². The number of primary amides is 1. The number of carbonyl (C=O) groups is 2. The number of urea groups is 1. The largest absolute Gasteiger partial charge is 0.351 e. The molecule has 1 unspecified atom stereocenters. The van der Waals surface area contributed by atoms with Gasteiger partial charge in [0.2, 0.25) is 5.91 Å². The second kappa shape index (κ2) is 8.47. The summed E-state index contributed by atoms with van der Waals surface area (Å²) in [6.07, 6.45) is 3.76. The number of rotatable bonds is 5. The Morgan fingerprint density at radius 2 is 2.10 bits per heavy atom. The number of thioether (sulfide) groups is 1. The summed E-state index contributed by atoms with van der Waals surface area (Å²) in [5.41, 5.74) is 6.36. The summed E-state index contributed by atoms with van der Waals surface area (Å²) in [5.74, 6) is 0.0626. The molecule has 1 atom stereocenters. The van der Waals surface area contributed by atoms with Crippen molar-refractivity contribution in [2.24, 2.45) is 17.1 Å². The number of nitrogens with one attached hydrogen (secondary N) is 1. The van der Waals surface area contributed by atoms with Crippen LogP contribution < -0.4 is 16.6 Å². The van der Waals surface area contributed by atoms with Gasteiger partial charge < -0.3 is 5.73 Å². The first-order chi connectivity index (χ1) is 13.6. The maximum atomic E-state index is 13.3. The summed E-state index contributed by atoms with van der Waals surface area (Å²) in [7, 11) is 0. The number of hydrogen-bond donors (Lipinski definition) is 2. The Hall–Kier alpha value is -1.87. The SMILES string of the molecule is CCCn1c(SCC(=O)NC(N)=O)nc2sc3c(c2c1=O)CCC(C(C)(C)C)C3. The lowest BCUT2D eigenvalue weighted by Crippen LogP contribution is -2.36. The van der Waals surface area contributed by atoms with Gasteiger partial charge >= 0.3 is 6.03 Å². The van der Waals surface area contributed by atoms with E-state index in [-0.39, 0.29) is 16.7 Å². The zero-order chi connectivity index (χ0) is 21.3. The Morgan fingerprint density at radius 3 is 2.72 bits per heavy atom. The second-order valence-electron chi connectivity index (χ2n) is 8.54. The average molecular weight is 437 g/mol. The van der Waals surface area contributed by atoms with Crippen LogP contribution in [0.4, 0.5) is 4.79 Å². The molecule has 158 valence electrons. The van der Waals surface area contributed by atoms with Gasteiger partial charge in [-0.15, -0.1) is 11.3 Å². The first-order valence-corrected chi connectivity index (χ1v) is 11.7. The summed E-state index contributed by atoms with van der Waals surface area (Å²) in [6.45, 7) is 9.36. The Kier molecular flexibility index (Phi) is 6.38. The molecule has 3 N–H and O–H groups in total. The van der Waals surface area contributed by atoms with Crippen LogP contribution in [0.2, 0.25) is 0 Å². The molecule has 9 heteroatoms. The molecule has 0 radical (unpaired) electrons. The summed E-state index contributed by atoms with van der Waals surface area (Å²) in [5, 5.41) is 3.30. The minimum Gasteiger partial charge on any atom is -0.351 e. The van der Waals surface area contributed by atoms with Crippen molar-refractivity contribution in [3.05, 3.63) is 20.8 Å². The molecule has 0 fully saturated rings. The molecule has 2 aromatic rings. The molecule has 29 heavy (non-hydrogen) atoms.